The Kier molecular flexibility index (Phi) is 12.0. The van der Waals surface area contributed by atoms with Crippen molar-refractivity contribution in [3.63, 3.8) is 0 Å². The number of imidazole rings is 2. The monoisotopic (exact) mass is 974 g/mol. The number of piperidine rings is 1. The molecule has 17 nitrogen and oxygen atoms in total. The third-order valence-electron chi connectivity index (χ3n) is 14.2. The molecule has 4 N–H and O–H groups in total. The van der Waals surface area contributed by atoms with Crippen LogP contribution in [0, 0.1) is 23.6 Å². The second-order valence-corrected chi connectivity index (χ2v) is 21.7. The second kappa shape index (κ2) is 17.9. The molecule has 4 aromatic heterocycles. The second-order valence-electron chi connectivity index (χ2n) is 20.6. The van der Waals surface area contributed by atoms with Crippen molar-refractivity contribution in [2.45, 2.75) is 116 Å². The molecule has 4 amide bonds. The van der Waals surface area contributed by atoms with Crippen LogP contribution >= 0.6 is 11.3 Å². The molecule has 4 aliphatic rings. The fraction of sp³-hybridized carbons (Fsp3) is 0.471. The van der Waals surface area contributed by atoms with Gasteiger partial charge >= 0.3 is 12.2 Å². The molecule has 19 heteroatoms. The Hall–Kier alpha value is -6.76. The molecule has 3 unspecified atom stereocenters. The number of ether oxygens (including phenoxy) is 3. The number of rotatable bonds is 11. The number of hydrogen-bond acceptors (Lipinski definition) is 11. The maximum Gasteiger partial charge on any atom is 0.407 e. The highest BCUT2D eigenvalue weighted by Crippen LogP contribution is 2.54. The lowest BCUT2D eigenvalue weighted by atomic mass is 9.98. The van der Waals surface area contributed by atoms with E-state index in [2.05, 4.69) is 47.4 Å². The van der Waals surface area contributed by atoms with Crippen molar-refractivity contribution in [3.8, 4) is 39.5 Å². The van der Waals surface area contributed by atoms with Crippen LogP contribution in [0.1, 0.15) is 114 Å². The number of aromatic nitrogens is 6. The van der Waals surface area contributed by atoms with Crippen molar-refractivity contribution in [3.05, 3.63) is 82.3 Å². The molecule has 7 atom stereocenters. The first kappa shape index (κ1) is 46.9. The van der Waals surface area contributed by atoms with Crippen LogP contribution in [0.3, 0.4) is 0 Å². The minimum Gasteiger partial charge on any atom is -0.464 e. The maximum absolute atomic E-state index is 17.0. The van der Waals surface area contributed by atoms with Gasteiger partial charge in [0.2, 0.25) is 18.0 Å². The first-order valence-electron chi connectivity index (χ1n) is 24.0. The van der Waals surface area contributed by atoms with Gasteiger partial charge in [0.25, 0.3) is 0 Å². The number of nitrogens with zero attached hydrogens (tertiary/aromatic N) is 6. The number of carbonyl (C=O) groups excluding carboxylic acids is 4. The van der Waals surface area contributed by atoms with Gasteiger partial charge in [-0.25, -0.2) is 28.9 Å². The van der Waals surface area contributed by atoms with E-state index in [9.17, 15) is 19.2 Å². The first-order chi connectivity index (χ1) is 33.4. The zero-order chi connectivity index (χ0) is 49.5. The minimum absolute atomic E-state index is 0.0993. The number of likely N-dealkylation sites (tertiary alicyclic amines) is 2. The Balaban J connectivity index is 0.975. The van der Waals surface area contributed by atoms with Crippen LogP contribution in [0.5, 0.6) is 5.75 Å². The van der Waals surface area contributed by atoms with Gasteiger partial charge in [0.15, 0.2) is 0 Å². The Morgan fingerprint density at radius 3 is 2.13 bits per heavy atom. The molecule has 368 valence electrons. The van der Waals surface area contributed by atoms with Crippen molar-refractivity contribution >= 4 is 46.2 Å². The van der Waals surface area contributed by atoms with E-state index in [1.54, 1.807) is 28.6 Å². The van der Waals surface area contributed by atoms with Crippen LogP contribution in [0.25, 0.3) is 44.7 Å². The molecular weight excluding hydrogens is 916 g/mol. The fourth-order valence-corrected chi connectivity index (χ4v) is 11.4. The molecule has 1 aliphatic carbocycles. The summed E-state index contributed by atoms with van der Waals surface area (Å²) in [6.45, 7) is 14.4. The van der Waals surface area contributed by atoms with E-state index in [0.717, 1.165) is 51.3 Å². The number of aromatic amines is 2. The SMILES string of the molecule is COC(=O)NC(C(=O)N1[C@@H]2CC2C[C@H]1c1ncc(-c2ccc3c(c2)cc2n3C(c3cnc(C(C)(C)C)s3)Oc3cc(-c4cnc([C@@H]5CCCN5C(=O)[C@@H](NC(=O)OC)C(C)C)[nH]4)cc(F)c3-2)[nH]1)C(C)C. The van der Waals surface area contributed by atoms with E-state index < -0.39 is 36.3 Å². The van der Waals surface area contributed by atoms with Gasteiger partial charge < -0.3 is 44.6 Å². The summed E-state index contributed by atoms with van der Waals surface area (Å²) in [5.74, 6) is 0.804. The van der Waals surface area contributed by atoms with Crippen LogP contribution in [0.15, 0.2) is 55.0 Å². The minimum atomic E-state index is -0.777. The molecular formula is C51H59FN10O7S. The molecule has 3 aliphatic heterocycles. The van der Waals surface area contributed by atoms with Crippen molar-refractivity contribution in [2.75, 3.05) is 20.8 Å². The van der Waals surface area contributed by atoms with Crippen LogP contribution in [0.2, 0.25) is 0 Å². The van der Waals surface area contributed by atoms with Gasteiger partial charge in [-0.3, -0.25) is 14.2 Å². The van der Waals surface area contributed by atoms with E-state index in [1.807, 2.05) is 67.6 Å². The molecule has 70 heavy (non-hydrogen) atoms. The molecule has 0 spiro atoms. The predicted octanol–water partition coefficient (Wildman–Crippen LogP) is 9.01. The smallest absolute Gasteiger partial charge is 0.407 e. The predicted molar refractivity (Wildman–Crippen MR) is 260 cm³/mol. The number of halogens is 1. The number of nitrogens with one attached hydrogen (secondary N) is 4. The normalized spacial score (nSPS) is 21.3. The van der Waals surface area contributed by atoms with Gasteiger partial charge in [-0.05, 0) is 73.8 Å². The van der Waals surface area contributed by atoms with E-state index >= 15 is 4.39 Å². The number of fused-ring (bicyclic) bond motifs is 6. The number of methoxy groups -OCH3 is 2. The highest BCUT2D eigenvalue weighted by molar-refractivity contribution is 7.11. The van der Waals surface area contributed by atoms with Crippen molar-refractivity contribution < 1.29 is 37.8 Å². The van der Waals surface area contributed by atoms with Crippen molar-refractivity contribution in [2.24, 2.45) is 17.8 Å². The van der Waals surface area contributed by atoms with E-state index in [1.165, 1.54) is 20.3 Å². The molecule has 0 bridgehead atoms. The number of carbonyl (C=O) groups is 4. The third kappa shape index (κ3) is 8.34. The van der Waals surface area contributed by atoms with Gasteiger partial charge in [0, 0.05) is 40.7 Å². The summed E-state index contributed by atoms with van der Waals surface area (Å²) in [4.78, 5) is 78.0. The van der Waals surface area contributed by atoms with Gasteiger partial charge in [0.05, 0.1) is 76.7 Å². The Labute approximate surface area is 408 Å². The lowest BCUT2D eigenvalue weighted by Gasteiger charge is -2.31. The van der Waals surface area contributed by atoms with Gasteiger partial charge in [-0.15, -0.1) is 11.3 Å². The van der Waals surface area contributed by atoms with E-state index in [-0.39, 0.29) is 47.2 Å². The number of benzene rings is 2. The average Bonchev–Trinajstić information content (AvgIpc) is 4.09. The van der Waals surface area contributed by atoms with Gasteiger partial charge in [-0.2, -0.15) is 0 Å². The average molecular weight is 975 g/mol. The Morgan fingerprint density at radius 1 is 0.829 bits per heavy atom. The first-order valence-corrected chi connectivity index (χ1v) is 24.8. The highest BCUT2D eigenvalue weighted by atomic mass is 32.1. The lowest BCUT2D eigenvalue weighted by molar-refractivity contribution is -0.137. The number of amides is 4. The molecule has 6 aromatic rings. The highest BCUT2D eigenvalue weighted by Gasteiger charge is 2.56. The van der Waals surface area contributed by atoms with Crippen LogP contribution in [-0.4, -0.2) is 102 Å². The van der Waals surface area contributed by atoms with E-state index in [4.69, 9.17) is 29.2 Å². The summed E-state index contributed by atoms with van der Waals surface area (Å²) in [5.41, 5.74) is 4.31. The molecule has 0 radical (unpaired) electrons. The Bertz CT molecular complexity index is 3020. The summed E-state index contributed by atoms with van der Waals surface area (Å²) in [6, 6.07) is 9.31. The standard InChI is InChI=1S/C51H59FN10O7S/c1-24(2)41(58-49(65)67-8)45(63)60-14-10-11-34(60)43-53-22-32(57-43)27-16-30(52)40-36-18-28-15-26(12-13-33(28)62(36)47(69-38(40)20-27)39-23-55-48(70-39)51(5,6)7)31-21-54-44(56-31)37-19-29-17-35(29)61(37)46(64)42(25(3)4)59-50(66)68-9/h12-13,15-16,18,20-25,29,34-35,37,41-42,47H,10-11,14,17,19H2,1-9H3,(H,53,57)(H,54,56)(H,58,65)(H,59,66)/t29?,34-,35+,37-,41-,42?,47?/m0/s1. The largest absolute Gasteiger partial charge is 0.464 e. The number of thiazole rings is 1. The quantitative estimate of drug-likeness (QED) is 0.0971. The lowest BCUT2D eigenvalue weighted by Crippen LogP contribution is -2.52. The Morgan fingerprint density at radius 2 is 1.49 bits per heavy atom. The van der Waals surface area contributed by atoms with Crippen LogP contribution in [-0.2, 0) is 24.5 Å². The molecule has 1 saturated carbocycles. The van der Waals surface area contributed by atoms with Crippen molar-refractivity contribution in [1.82, 2.24) is 49.9 Å². The van der Waals surface area contributed by atoms with Gasteiger partial charge in [-0.1, -0.05) is 54.5 Å². The summed E-state index contributed by atoms with van der Waals surface area (Å²) in [7, 11) is 2.55. The fourth-order valence-electron chi connectivity index (χ4n) is 10.4. The maximum atomic E-state index is 17.0. The molecule has 2 aromatic carbocycles. The van der Waals surface area contributed by atoms with Crippen molar-refractivity contribution in [1.29, 1.82) is 0 Å². The number of alkyl carbamates (subject to hydrolysis) is 2. The van der Waals surface area contributed by atoms with E-state index in [0.29, 0.717) is 58.8 Å². The summed E-state index contributed by atoms with van der Waals surface area (Å²) >= 11 is 1.56. The molecule has 7 heterocycles. The number of H-pyrrole nitrogens is 2. The zero-order valence-electron chi connectivity index (χ0n) is 40.8. The topological polar surface area (TPSA) is 202 Å². The molecule has 2 saturated heterocycles. The summed E-state index contributed by atoms with van der Waals surface area (Å²) in [6.07, 6.45) is 6.41. The zero-order valence-corrected chi connectivity index (χ0v) is 41.6. The molecule has 3 fully saturated rings. The van der Waals surface area contributed by atoms with Crippen LogP contribution in [0.4, 0.5) is 14.0 Å². The number of hydrogen-bond donors (Lipinski definition) is 4. The summed E-state index contributed by atoms with van der Waals surface area (Å²) < 4.78 is 35.5. The summed E-state index contributed by atoms with van der Waals surface area (Å²) in [5, 5.41) is 7.23. The van der Waals surface area contributed by atoms with Crippen LogP contribution < -0.4 is 15.4 Å². The van der Waals surface area contributed by atoms with Gasteiger partial charge in [0.1, 0.15) is 35.3 Å². The molecule has 10 rings (SSSR count). The third-order valence-corrected chi connectivity index (χ3v) is 15.6.